The molecule has 0 amide bonds. The van der Waals surface area contributed by atoms with Crippen LogP contribution < -0.4 is 0 Å². The van der Waals surface area contributed by atoms with Crippen LogP contribution in [0.5, 0.6) is 0 Å². The van der Waals surface area contributed by atoms with Crippen molar-refractivity contribution in [3.05, 3.63) is 0 Å². The number of aliphatic hydroxyl groups excluding tert-OH is 1. The summed E-state index contributed by atoms with van der Waals surface area (Å²) < 4.78 is 39.6. The van der Waals surface area contributed by atoms with Crippen LogP contribution in [-0.4, -0.2) is 27.6 Å². The minimum atomic E-state index is -3.68. The maximum Gasteiger partial charge on any atom is 0.300 e. The average molecular weight is 235 g/mol. The van der Waals surface area contributed by atoms with Crippen LogP contribution in [0.3, 0.4) is 0 Å². The van der Waals surface area contributed by atoms with Gasteiger partial charge in [-0.1, -0.05) is 11.6 Å². The number of fused-ring (bicyclic) bond motifs is 2. The lowest BCUT2D eigenvalue weighted by Crippen LogP contribution is -2.54. The van der Waals surface area contributed by atoms with Crippen molar-refractivity contribution < 1.29 is 18.3 Å². The van der Waals surface area contributed by atoms with Crippen LogP contribution in [0.25, 0.3) is 0 Å². The van der Waals surface area contributed by atoms with Gasteiger partial charge in [0.1, 0.15) is 0 Å². The summed E-state index contributed by atoms with van der Waals surface area (Å²) in [6.07, 6.45) is -1.51. The molecule has 0 aromatic rings. The van der Waals surface area contributed by atoms with Crippen molar-refractivity contribution in [3.63, 3.8) is 0 Å². The summed E-state index contributed by atoms with van der Waals surface area (Å²) in [5.41, 5.74) is 0. The second kappa shape index (κ2) is 2.47. The van der Waals surface area contributed by atoms with E-state index in [1.54, 1.807) is 0 Å². The molecule has 0 heterocycles. The number of hydrogen-bond acceptors (Lipinski definition) is 1. The standard InChI is InChI=1S/C7H7Cl2F3O/c8-4-2-1-3(5(4)13)7(11,12)6(2,9)10/h2-5,13H,1H2/t2-,3-,4+,5+,6-/m0/s1. The van der Waals surface area contributed by atoms with E-state index < -0.39 is 34.4 Å². The molecule has 2 fully saturated rings. The molecule has 2 saturated carbocycles. The number of hydrogen-bond donors (Lipinski definition) is 1. The first-order valence-electron chi connectivity index (χ1n) is 3.88. The van der Waals surface area contributed by atoms with Gasteiger partial charge in [-0.05, 0) is 6.42 Å². The highest BCUT2D eigenvalue weighted by Gasteiger charge is 2.76. The van der Waals surface area contributed by atoms with Gasteiger partial charge in [0.05, 0.1) is 17.4 Å². The number of rotatable bonds is 0. The Morgan fingerprint density at radius 3 is 2.15 bits per heavy atom. The maximum atomic E-state index is 13.3. The van der Waals surface area contributed by atoms with Gasteiger partial charge >= 0.3 is 5.92 Å². The molecule has 2 bridgehead atoms. The van der Waals surface area contributed by atoms with E-state index in [0.29, 0.717) is 0 Å². The van der Waals surface area contributed by atoms with Crippen molar-refractivity contribution in [2.24, 2.45) is 11.8 Å². The van der Waals surface area contributed by atoms with Crippen LogP contribution in [-0.2, 0) is 0 Å². The topological polar surface area (TPSA) is 20.2 Å². The monoisotopic (exact) mass is 234 g/mol. The van der Waals surface area contributed by atoms with Gasteiger partial charge in [0.15, 0.2) is 0 Å². The Morgan fingerprint density at radius 1 is 1.23 bits per heavy atom. The van der Waals surface area contributed by atoms with Crippen LogP contribution in [0.15, 0.2) is 0 Å². The van der Waals surface area contributed by atoms with E-state index in [1.165, 1.54) is 0 Å². The molecule has 1 nitrogen and oxygen atoms in total. The Bertz CT molecular complexity index is 222. The highest BCUT2D eigenvalue weighted by molar-refractivity contribution is 6.27. The second-order valence-corrected chi connectivity index (χ2v) is 4.68. The van der Waals surface area contributed by atoms with E-state index in [4.69, 9.17) is 23.2 Å². The van der Waals surface area contributed by atoms with Crippen LogP contribution in [0.4, 0.5) is 13.2 Å². The molecule has 2 rings (SSSR count). The molecule has 0 unspecified atom stereocenters. The Labute approximate surface area is 82.8 Å². The summed E-state index contributed by atoms with van der Waals surface area (Å²) in [6, 6.07) is 0. The first-order chi connectivity index (χ1) is 5.80. The third-order valence-electron chi connectivity index (χ3n) is 3.01. The molecular formula is C7H7Cl2F3O. The van der Waals surface area contributed by atoms with E-state index in [0.717, 1.165) is 0 Å². The van der Waals surface area contributed by atoms with E-state index in [9.17, 15) is 18.3 Å². The number of alkyl halides is 5. The molecule has 76 valence electrons. The summed E-state index contributed by atoms with van der Waals surface area (Å²) in [5, 5.41) is 5.12. The molecule has 2 aliphatic rings. The minimum Gasteiger partial charge on any atom is -0.391 e. The predicted octanol–water partition coefficient (Wildman–Crippen LogP) is 2.14. The van der Waals surface area contributed by atoms with Gasteiger partial charge in [-0.15, -0.1) is 11.6 Å². The molecule has 5 atom stereocenters. The van der Waals surface area contributed by atoms with Crippen LogP contribution in [0.2, 0.25) is 0 Å². The highest BCUT2D eigenvalue weighted by Crippen LogP contribution is 2.64. The Balaban J connectivity index is 2.40. The number of aliphatic hydroxyl groups is 1. The zero-order chi connectivity index (χ0) is 10.0. The van der Waals surface area contributed by atoms with Gasteiger partial charge in [-0.3, -0.25) is 0 Å². The lowest BCUT2D eigenvalue weighted by molar-refractivity contribution is -0.158. The molecule has 0 aromatic heterocycles. The summed E-state index contributed by atoms with van der Waals surface area (Å²) in [7, 11) is 0. The fourth-order valence-electron chi connectivity index (χ4n) is 2.21. The zero-order valence-electron chi connectivity index (χ0n) is 6.35. The Morgan fingerprint density at radius 2 is 1.77 bits per heavy atom. The molecule has 0 spiro atoms. The van der Waals surface area contributed by atoms with E-state index in [2.05, 4.69) is 0 Å². The third-order valence-corrected chi connectivity index (χ3v) is 4.10. The average Bonchev–Trinajstić information content (AvgIpc) is 2.36. The first-order valence-corrected chi connectivity index (χ1v) is 4.69. The molecule has 0 saturated heterocycles. The van der Waals surface area contributed by atoms with E-state index in [-0.39, 0.29) is 6.42 Å². The molecule has 1 N–H and O–H groups in total. The van der Waals surface area contributed by atoms with E-state index >= 15 is 0 Å². The number of halogens is 5. The minimum absolute atomic E-state index is 0.150. The van der Waals surface area contributed by atoms with Crippen LogP contribution >= 0.6 is 23.2 Å². The van der Waals surface area contributed by atoms with Gasteiger partial charge in [0, 0.05) is 5.92 Å². The van der Waals surface area contributed by atoms with Gasteiger partial charge in [-0.2, -0.15) is 0 Å². The summed E-state index contributed by atoms with van der Waals surface area (Å²) >= 11 is 10.7. The van der Waals surface area contributed by atoms with Gasteiger partial charge < -0.3 is 5.11 Å². The van der Waals surface area contributed by atoms with Crippen molar-refractivity contribution >= 4 is 23.2 Å². The molecular weight excluding hydrogens is 228 g/mol. The fourth-order valence-corrected chi connectivity index (χ4v) is 3.09. The summed E-state index contributed by atoms with van der Waals surface area (Å²) in [5.74, 6) is -6.28. The first kappa shape index (κ1) is 9.87. The molecule has 0 aromatic carbocycles. The van der Waals surface area contributed by atoms with Crippen molar-refractivity contribution in [3.8, 4) is 0 Å². The van der Waals surface area contributed by atoms with Crippen LogP contribution in [0.1, 0.15) is 6.42 Å². The van der Waals surface area contributed by atoms with Crippen molar-refractivity contribution in [2.45, 2.75) is 29.0 Å². The van der Waals surface area contributed by atoms with Crippen molar-refractivity contribution in [1.82, 2.24) is 0 Å². The van der Waals surface area contributed by atoms with Crippen LogP contribution in [0, 0.1) is 11.8 Å². The molecule has 0 radical (unpaired) electrons. The largest absolute Gasteiger partial charge is 0.391 e. The van der Waals surface area contributed by atoms with Gasteiger partial charge in [0.25, 0.3) is 5.13 Å². The highest BCUT2D eigenvalue weighted by atomic mass is 35.5. The lowest BCUT2D eigenvalue weighted by Gasteiger charge is -2.36. The second-order valence-electron chi connectivity index (χ2n) is 3.63. The molecule has 13 heavy (non-hydrogen) atoms. The van der Waals surface area contributed by atoms with Gasteiger partial charge in [-0.25, -0.2) is 13.2 Å². The Hall–Kier alpha value is 0.330. The summed E-state index contributed by atoms with van der Waals surface area (Å²) in [6.45, 7) is 0. The van der Waals surface area contributed by atoms with Gasteiger partial charge in [0.2, 0.25) is 0 Å². The molecule has 0 aliphatic heterocycles. The lowest BCUT2D eigenvalue weighted by atomic mass is 9.91. The maximum absolute atomic E-state index is 13.3. The normalized spacial score (nSPS) is 58.6. The Kier molecular flexibility index (Phi) is 1.87. The molecule has 6 heteroatoms. The van der Waals surface area contributed by atoms with E-state index in [1.807, 2.05) is 0 Å². The van der Waals surface area contributed by atoms with Crippen molar-refractivity contribution in [1.29, 1.82) is 0 Å². The quantitative estimate of drug-likeness (QED) is 0.637. The van der Waals surface area contributed by atoms with Crippen molar-refractivity contribution in [2.75, 3.05) is 0 Å². The predicted molar refractivity (Wildman–Crippen MR) is 41.9 cm³/mol. The smallest absolute Gasteiger partial charge is 0.300 e. The summed E-state index contributed by atoms with van der Waals surface area (Å²) in [4.78, 5) is 0. The SMILES string of the molecule is O[C@H]1[C@H](Cl)[C@@H]2C[C@@H]1C(F)(F)[C@]2(F)Cl. The third kappa shape index (κ3) is 0.944. The zero-order valence-corrected chi connectivity index (χ0v) is 7.87. The fraction of sp³-hybridized carbons (Fsp3) is 1.00. The molecule has 2 aliphatic carbocycles.